The molecule has 0 saturated heterocycles. The SMILES string of the molecule is COC(=O)C(C)(C)Nc1c(Cl)cccc1[N+](=O)[O-]. The van der Waals surface area contributed by atoms with Gasteiger partial charge in [-0.15, -0.1) is 0 Å². The normalized spacial score (nSPS) is 10.9. The molecule has 0 aliphatic heterocycles. The minimum absolute atomic E-state index is 0.0968. The summed E-state index contributed by atoms with van der Waals surface area (Å²) in [6.45, 7) is 3.10. The van der Waals surface area contributed by atoms with Crippen LogP contribution < -0.4 is 5.32 Å². The van der Waals surface area contributed by atoms with Crippen molar-refractivity contribution in [3.63, 3.8) is 0 Å². The molecule has 1 N–H and O–H groups in total. The number of nitro groups is 1. The predicted octanol–water partition coefficient (Wildman–Crippen LogP) is 2.61. The first kappa shape index (κ1) is 14.2. The third kappa shape index (κ3) is 2.89. The van der Waals surface area contributed by atoms with E-state index in [1.165, 1.54) is 25.3 Å². The van der Waals surface area contributed by atoms with Gasteiger partial charge in [0.15, 0.2) is 0 Å². The van der Waals surface area contributed by atoms with Gasteiger partial charge >= 0.3 is 5.97 Å². The van der Waals surface area contributed by atoms with Gasteiger partial charge in [0.1, 0.15) is 11.2 Å². The van der Waals surface area contributed by atoms with E-state index >= 15 is 0 Å². The Kier molecular flexibility index (Phi) is 4.13. The van der Waals surface area contributed by atoms with Crippen LogP contribution in [0.25, 0.3) is 0 Å². The number of hydrogen-bond acceptors (Lipinski definition) is 5. The lowest BCUT2D eigenvalue weighted by atomic mass is 10.1. The molecule has 0 heterocycles. The number of methoxy groups -OCH3 is 1. The lowest BCUT2D eigenvalue weighted by molar-refractivity contribution is -0.384. The summed E-state index contributed by atoms with van der Waals surface area (Å²) in [5.41, 5.74) is -1.22. The van der Waals surface area contributed by atoms with Crippen LogP contribution in [0.2, 0.25) is 5.02 Å². The summed E-state index contributed by atoms with van der Waals surface area (Å²) in [5.74, 6) is -0.545. The Labute approximate surface area is 109 Å². The molecule has 7 heteroatoms. The third-order valence-electron chi connectivity index (χ3n) is 2.32. The van der Waals surface area contributed by atoms with Gasteiger partial charge in [0, 0.05) is 6.07 Å². The molecule has 0 aliphatic rings. The van der Waals surface area contributed by atoms with Crippen molar-refractivity contribution >= 4 is 28.9 Å². The van der Waals surface area contributed by atoms with Crippen LogP contribution in [0, 0.1) is 10.1 Å². The van der Waals surface area contributed by atoms with Crippen molar-refractivity contribution in [3.8, 4) is 0 Å². The first-order valence-corrected chi connectivity index (χ1v) is 5.47. The van der Waals surface area contributed by atoms with Crippen molar-refractivity contribution < 1.29 is 14.5 Å². The number of anilines is 1. The quantitative estimate of drug-likeness (QED) is 0.518. The second kappa shape index (κ2) is 5.22. The number of benzene rings is 1. The predicted molar refractivity (Wildman–Crippen MR) is 67.8 cm³/mol. The second-order valence-corrected chi connectivity index (χ2v) is 4.54. The van der Waals surface area contributed by atoms with Crippen LogP contribution in [0.5, 0.6) is 0 Å². The fraction of sp³-hybridized carbons (Fsp3) is 0.364. The molecule has 0 saturated carbocycles. The number of para-hydroxylation sites is 1. The average molecular weight is 273 g/mol. The highest BCUT2D eigenvalue weighted by molar-refractivity contribution is 6.33. The number of esters is 1. The maximum absolute atomic E-state index is 11.5. The minimum Gasteiger partial charge on any atom is -0.467 e. The largest absolute Gasteiger partial charge is 0.467 e. The number of halogens is 1. The van der Waals surface area contributed by atoms with Crippen LogP contribution in [-0.2, 0) is 9.53 Å². The highest BCUT2D eigenvalue weighted by atomic mass is 35.5. The first-order chi connectivity index (χ1) is 8.29. The van der Waals surface area contributed by atoms with E-state index in [1.54, 1.807) is 13.8 Å². The number of nitrogens with zero attached hydrogens (tertiary/aromatic N) is 1. The Morgan fingerprint density at radius 2 is 2.11 bits per heavy atom. The molecule has 0 fully saturated rings. The zero-order chi connectivity index (χ0) is 13.9. The second-order valence-electron chi connectivity index (χ2n) is 4.13. The Hall–Kier alpha value is -1.82. The Morgan fingerprint density at radius 3 is 2.61 bits per heavy atom. The Morgan fingerprint density at radius 1 is 1.50 bits per heavy atom. The topological polar surface area (TPSA) is 81.5 Å². The third-order valence-corrected chi connectivity index (χ3v) is 2.64. The van der Waals surface area contributed by atoms with E-state index in [-0.39, 0.29) is 16.4 Å². The van der Waals surface area contributed by atoms with E-state index in [9.17, 15) is 14.9 Å². The van der Waals surface area contributed by atoms with Gasteiger partial charge in [0.2, 0.25) is 0 Å². The molecule has 18 heavy (non-hydrogen) atoms. The number of carbonyl (C=O) groups is 1. The van der Waals surface area contributed by atoms with E-state index in [4.69, 9.17) is 11.6 Å². The molecule has 98 valence electrons. The molecule has 0 atom stereocenters. The molecule has 0 unspecified atom stereocenters. The fourth-order valence-electron chi connectivity index (χ4n) is 1.41. The summed E-state index contributed by atoms with van der Waals surface area (Å²) in [4.78, 5) is 21.9. The molecule has 0 spiro atoms. The zero-order valence-corrected chi connectivity index (χ0v) is 10.9. The van der Waals surface area contributed by atoms with Gasteiger partial charge in [0.05, 0.1) is 17.1 Å². The van der Waals surface area contributed by atoms with Gasteiger partial charge < -0.3 is 10.1 Å². The maximum atomic E-state index is 11.5. The highest BCUT2D eigenvalue weighted by Crippen LogP contribution is 2.34. The molecule has 6 nitrogen and oxygen atoms in total. The van der Waals surface area contributed by atoms with Gasteiger partial charge in [-0.25, -0.2) is 4.79 Å². The van der Waals surface area contributed by atoms with Crippen LogP contribution in [0.4, 0.5) is 11.4 Å². The monoisotopic (exact) mass is 272 g/mol. The van der Waals surface area contributed by atoms with E-state index in [0.717, 1.165) is 0 Å². The molecule has 0 aliphatic carbocycles. The summed E-state index contributed by atoms with van der Waals surface area (Å²) in [7, 11) is 1.24. The van der Waals surface area contributed by atoms with Crippen molar-refractivity contribution in [3.05, 3.63) is 33.3 Å². The molecule has 0 aromatic heterocycles. The summed E-state index contributed by atoms with van der Waals surface area (Å²) in [6, 6.07) is 4.28. The van der Waals surface area contributed by atoms with Crippen molar-refractivity contribution in [1.82, 2.24) is 0 Å². The lowest BCUT2D eigenvalue weighted by Gasteiger charge is -2.24. The van der Waals surface area contributed by atoms with Crippen molar-refractivity contribution in [2.24, 2.45) is 0 Å². The van der Waals surface area contributed by atoms with Crippen molar-refractivity contribution in [2.75, 3.05) is 12.4 Å². The highest BCUT2D eigenvalue weighted by Gasteiger charge is 2.31. The van der Waals surface area contributed by atoms with Gasteiger partial charge in [-0.2, -0.15) is 0 Å². The lowest BCUT2D eigenvalue weighted by Crippen LogP contribution is -2.41. The molecule has 0 radical (unpaired) electrons. The Bertz CT molecular complexity index is 488. The summed E-state index contributed by atoms with van der Waals surface area (Å²) in [6.07, 6.45) is 0. The van der Waals surface area contributed by atoms with Crippen LogP contribution in [0.1, 0.15) is 13.8 Å². The number of rotatable bonds is 4. The Balaban J connectivity index is 3.18. The number of hydrogen-bond donors (Lipinski definition) is 1. The molecule has 0 amide bonds. The van der Waals surface area contributed by atoms with Gasteiger partial charge in [0.25, 0.3) is 5.69 Å². The zero-order valence-electron chi connectivity index (χ0n) is 10.2. The fourth-order valence-corrected chi connectivity index (χ4v) is 1.62. The number of nitro benzene ring substituents is 1. The van der Waals surface area contributed by atoms with Gasteiger partial charge in [-0.05, 0) is 19.9 Å². The van der Waals surface area contributed by atoms with Crippen LogP contribution in [0.15, 0.2) is 18.2 Å². The van der Waals surface area contributed by atoms with E-state index in [1.807, 2.05) is 0 Å². The summed E-state index contributed by atoms with van der Waals surface area (Å²) >= 11 is 5.91. The van der Waals surface area contributed by atoms with Crippen molar-refractivity contribution in [2.45, 2.75) is 19.4 Å². The number of nitrogens with one attached hydrogen (secondary N) is 1. The van der Waals surface area contributed by atoms with E-state index in [0.29, 0.717) is 0 Å². The van der Waals surface area contributed by atoms with E-state index in [2.05, 4.69) is 10.1 Å². The van der Waals surface area contributed by atoms with Crippen LogP contribution in [0.3, 0.4) is 0 Å². The summed E-state index contributed by atoms with van der Waals surface area (Å²) in [5, 5.41) is 13.8. The van der Waals surface area contributed by atoms with Gasteiger partial charge in [-0.1, -0.05) is 17.7 Å². The maximum Gasteiger partial charge on any atom is 0.330 e. The average Bonchev–Trinajstić information content (AvgIpc) is 2.30. The molecule has 1 aromatic rings. The standard InChI is InChI=1S/C11H13ClN2O4/c1-11(2,10(15)18-3)13-9-7(12)5-4-6-8(9)14(16)17/h4-6,13H,1-3H3. The smallest absolute Gasteiger partial charge is 0.330 e. The molecule has 1 rings (SSSR count). The molecular weight excluding hydrogens is 260 g/mol. The van der Waals surface area contributed by atoms with Crippen molar-refractivity contribution in [1.29, 1.82) is 0 Å². The van der Waals surface area contributed by atoms with Gasteiger partial charge in [-0.3, -0.25) is 10.1 Å². The minimum atomic E-state index is -1.12. The molecule has 0 bridgehead atoms. The van der Waals surface area contributed by atoms with E-state index < -0.39 is 16.4 Å². The number of ether oxygens (including phenoxy) is 1. The molecular formula is C11H13ClN2O4. The number of carbonyl (C=O) groups excluding carboxylic acids is 1. The van der Waals surface area contributed by atoms with Crippen LogP contribution in [-0.4, -0.2) is 23.5 Å². The molecule has 1 aromatic carbocycles. The first-order valence-electron chi connectivity index (χ1n) is 5.09. The van der Waals surface area contributed by atoms with Crippen LogP contribution >= 0.6 is 11.6 Å². The summed E-state index contributed by atoms with van der Waals surface area (Å²) < 4.78 is 4.61.